The second-order valence-electron chi connectivity index (χ2n) is 8.00. The number of alkyl halides is 1. The Morgan fingerprint density at radius 3 is 2.84 bits per heavy atom. The zero-order chi connectivity index (χ0) is 22.0. The van der Waals surface area contributed by atoms with Gasteiger partial charge in [0, 0.05) is 49.7 Å². The van der Waals surface area contributed by atoms with Crippen molar-refractivity contribution in [1.29, 1.82) is 10.8 Å². The van der Waals surface area contributed by atoms with Crippen molar-refractivity contribution in [3.05, 3.63) is 47.2 Å². The Balaban J connectivity index is 1.60. The molecule has 1 amide bonds. The predicted molar refractivity (Wildman–Crippen MR) is 114 cm³/mol. The van der Waals surface area contributed by atoms with Crippen molar-refractivity contribution in [2.45, 2.75) is 25.7 Å². The van der Waals surface area contributed by atoms with Gasteiger partial charge in [-0.25, -0.2) is 4.98 Å². The van der Waals surface area contributed by atoms with Crippen LogP contribution in [0.5, 0.6) is 0 Å². The van der Waals surface area contributed by atoms with E-state index in [1.807, 2.05) is 11.0 Å². The molecule has 162 valence electrons. The zero-order valence-electron chi connectivity index (χ0n) is 17.2. The first-order chi connectivity index (χ1) is 15.0. The van der Waals surface area contributed by atoms with Crippen LogP contribution in [0.3, 0.4) is 0 Å². The van der Waals surface area contributed by atoms with Gasteiger partial charge in [0.15, 0.2) is 0 Å². The summed E-state index contributed by atoms with van der Waals surface area (Å²) < 4.78 is 14.2. The van der Waals surface area contributed by atoms with Gasteiger partial charge in [-0.1, -0.05) is 0 Å². The molecule has 1 atom stereocenters. The van der Waals surface area contributed by atoms with Crippen LogP contribution < -0.4 is 10.4 Å². The lowest BCUT2D eigenvalue weighted by Crippen LogP contribution is -2.40. The largest absolute Gasteiger partial charge is 0.338 e. The molecule has 2 aliphatic rings. The molecule has 2 aliphatic heterocycles. The van der Waals surface area contributed by atoms with Gasteiger partial charge in [0.2, 0.25) is 0 Å². The Kier molecular flexibility index (Phi) is 5.92. The molecule has 2 aromatic rings. The van der Waals surface area contributed by atoms with E-state index in [-0.39, 0.29) is 17.3 Å². The molecule has 0 radical (unpaired) electrons. The molecule has 9 heteroatoms. The number of carbonyl (C=O) groups is 2. The molecule has 1 fully saturated rings. The molecule has 1 unspecified atom stereocenters. The van der Waals surface area contributed by atoms with E-state index in [1.54, 1.807) is 23.2 Å². The zero-order valence-corrected chi connectivity index (χ0v) is 17.2. The third kappa shape index (κ3) is 4.12. The molecule has 4 rings (SSSR count). The van der Waals surface area contributed by atoms with Crippen LogP contribution in [-0.4, -0.2) is 58.8 Å². The summed E-state index contributed by atoms with van der Waals surface area (Å²) in [6.07, 6.45) is 7.01. The minimum absolute atomic E-state index is 0.0163. The van der Waals surface area contributed by atoms with Crippen molar-refractivity contribution in [2.24, 2.45) is 5.92 Å². The second-order valence-corrected chi connectivity index (χ2v) is 8.00. The number of pyridine rings is 2. The molecule has 2 aromatic heterocycles. The molecule has 8 nitrogen and oxygen atoms in total. The number of piperidine rings is 1. The summed E-state index contributed by atoms with van der Waals surface area (Å²) in [7, 11) is 0. The van der Waals surface area contributed by atoms with Crippen LogP contribution in [-0.2, 0) is 6.42 Å². The lowest BCUT2D eigenvalue weighted by atomic mass is 9.98. The highest BCUT2D eigenvalue weighted by molar-refractivity contribution is 6.25. The van der Waals surface area contributed by atoms with Crippen LogP contribution >= 0.6 is 0 Å². The van der Waals surface area contributed by atoms with Gasteiger partial charge in [0.25, 0.3) is 11.8 Å². The lowest BCUT2D eigenvalue weighted by molar-refractivity contribution is 0.0656. The highest BCUT2D eigenvalue weighted by Crippen LogP contribution is 2.32. The molecule has 0 aromatic carbocycles. The fourth-order valence-electron chi connectivity index (χ4n) is 4.31. The van der Waals surface area contributed by atoms with Gasteiger partial charge in [0.05, 0.1) is 18.5 Å². The quantitative estimate of drug-likeness (QED) is 0.736. The van der Waals surface area contributed by atoms with Gasteiger partial charge >= 0.3 is 0 Å². The maximum absolute atomic E-state index is 13.1. The number of nitrogens with one attached hydrogen (secondary N) is 2. The summed E-state index contributed by atoms with van der Waals surface area (Å²) in [5.41, 5.74) is 2.18. The molecule has 0 saturated carbocycles. The molecule has 31 heavy (non-hydrogen) atoms. The standard InChI is InChI=1S/C22H25FN6O2/c23-11-15-3-1-6-27(14-15)22(31)17-9-16-4-2-7-28(21(16)26-13-17)18-5-8-29(19(25)10-18)20(30)12-24/h5,8-10,12-13,15,24-25H,1-4,6-7,11,14H2. The van der Waals surface area contributed by atoms with Crippen molar-refractivity contribution < 1.29 is 14.0 Å². The Bertz CT molecular complexity index is 1080. The number of aromatic nitrogens is 2. The van der Waals surface area contributed by atoms with Crippen LogP contribution in [0.1, 0.15) is 40.0 Å². The Morgan fingerprint density at radius 2 is 2.10 bits per heavy atom. The molecule has 0 aliphatic carbocycles. The molecule has 0 spiro atoms. The van der Waals surface area contributed by atoms with Gasteiger partial charge in [-0.3, -0.25) is 24.0 Å². The molecule has 0 bridgehead atoms. The number of halogens is 1. The fraction of sp³-hybridized carbons (Fsp3) is 0.409. The van der Waals surface area contributed by atoms with Crippen LogP contribution in [0.4, 0.5) is 15.9 Å². The van der Waals surface area contributed by atoms with E-state index in [0.29, 0.717) is 31.4 Å². The predicted octanol–water partition coefficient (Wildman–Crippen LogP) is 2.56. The molecule has 1 saturated heterocycles. The van der Waals surface area contributed by atoms with E-state index in [1.165, 1.54) is 6.20 Å². The third-order valence-electron chi connectivity index (χ3n) is 5.91. The summed E-state index contributed by atoms with van der Waals surface area (Å²) in [6, 6.07) is 5.17. The number of nitrogens with zero attached hydrogens (tertiary/aromatic N) is 4. The van der Waals surface area contributed by atoms with E-state index in [9.17, 15) is 14.0 Å². The number of amides is 1. The normalized spacial score (nSPS) is 18.4. The van der Waals surface area contributed by atoms with Crippen molar-refractivity contribution in [3.63, 3.8) is 0 Å². The molecular formula is C22H25FN6O2. The fourth-order valence-corrected chi connectivity index (χ4v) is 4.31. The van der Waals surface area contributed by atoms with Crippen LogP contribution in [0.25, 0.3) is 0 Å². The number of rotatable bonds is 4. The van der Waals surface area contributed by atoms with E-state index in [4.69, 9.17) is 10.8 Å². The highest BCUT2D eigenvalue weighted by Gasteiger charge is 2.27. The summed E-state index contributed by atoms with van der Waals surface area (Å²) in [6.45, 7) is 1.40. The number of anilines is 2. The first-order valence-corrected chi connectivity index (χ1v) is 10.5. The van der Waals surface area contributed by atoms with Crippen LogP contribution in [0, 0.1) is 16.7 Å². The number of hydrogen-bond donors (Lipinski definition) is 2. The maximum Gasteiger partial charge on any atom is 0.273 e. The average Bonchev–Trinajstić information content (AvgIpc) is 2.82. The smallest absolute Gasteiger partial charge is 0.273 e. The second kappa shape index (κ2) is 8.79. The lowest BCUT2D eigenvalue weighted by Gasteiger charge is -2.33. The van der Waals surface area contributed by atoms with Gasteiger partial charge in [0.1, 0.15) is 11.3 Å². The monoisotopic (exact) mass is 424 g/mol. The first kappa shape index (κ1) is 20.9. The van der Waals surface area contributed by atoms with E-state index in [2.05, 4.69) is 4.98 Å². The highest BCUT2D eigenvalue weighted by atomic mass is 19.1. The van der Waals surface area contributed by atoms with E-state index < -0.39 is 12.6 Å². The number of likely N-dealkylation sites (tertiary alicyclic amines) is 1. The van der Waals surface area contributed by atoms with E-state index >= 15 is 0 Å². The molecular weight excluding hydrogens is 399 g/mol. The van der Waals surface area contributed by atoms with Crippen LogP contribution in [0.15, 0.2) is 30.6 Å². The topological polar surface area (TPSA) is 106 Å². The SMILES string of the molecule is N=CC(=O)n1ccc(N2CCCc3cc(C(=O)N4CCCC(CF)C4)cnc32)cc1=N. The van der Waals surface area contributed by atoms with Gasteiger partial charge in [-0.2, -0.15) is 0 Å². The number of aryl methyl sites for hydroxylation is 1. The summed E-state index contributed by atoms with van der Waals surface area (Å²) in [5.74, 6) is -0.0358. The molecule has 2 N–H and O–H groups in total. The van der Waals surface area contributed by atoms with E-state index in [0.717, 1.165) is 47.3 Å². The minimum Gasteiger partial charge on any atom is -0.338 e. The van der Waals surface area contributed by atoms with Crippen molar-refractivity contribution in [2.75, 3.05) is 31.2 Å². The summed E-state index contributed by atoms with van der Waals surface area (Å²) >= 11 is 0. The third-order valence-corrected chi connectivity index (χ3v) is 5.91. The number of carbonyl (C=O) groups excluding carboxylic acids is 2. The first-order valence-electron chi connectivity index (χ1n) is 10.5. The van der Waals surface area contributed by atoms with Gasteiger partial charge in [-0.05, 0) is 43.4 Å². The Hall–Kier alpha value is -3.36. The maximum atomic E-state index is 13.1. The molecule has 4 heterocycles. The van der Waals surface area contributed by atoms with Crippen molar-refractivity contribution in [1.82, 2.24) is 14.5 Å². The minimum atomic E-state index is -0.579. The van der Waals surface area contributed by atoms with Crippen LogP contribution in [0.2, 0.25) is 0 Å². The number of hydrogen-bond acceptors (Lipinski definition) is 6. The van der Waals surface area contributed by atoms with Crippen molar-refractivity contribution >= 4 is 29.5 Å². The summed E-state index contributed by atoms with van der Waals surface area (Å²) in [5, 5.41) is 15.2. The van der Waals surface area contributed by atoms with Crippen molar-refractivity contribution in [3.8, 4) is 0 Å². The number of fused-ring (bicyclic) bond motifs is 1. The summed E-state index contributed by atoms with van der Waals surface area (Å²) in [4.78, 5) is 32.9. The Morgan fingerprint density at radius 1 is 1.26 bits per heavy atom. The average molecular weight is 424 g/mol. The van der Waals surface area contributed by atoms with Gasteiger partial charge < -0.3 is 15.2 Å². The Labute approximate surface area is 179 Å². The van der Waals surface area contributed by atoms with Gasteiger partial charge in [-0.15, -0.1) is 0 Å².